The lowest BCUT2D eigenvalue weighted by atomic mass is 9.90. The number of nitrogens with zero attached hydrogens (tertiary/aromatic N) is 1. The number of hydrogen-bond donors (Lipinski definition) is 0. The van der Waals surface area contributed by atoms with Crippen LogP contribution in [0.15, 0.2) is 0 Å². The van der Waals surface area contributed by atoms with Crippen molar-refractivity contribution in [2.75, 3.05) is 40.5 Å². The molecule has 8 nitrogen and oxygen atoms in total. The Kier molecular flexibility index (Phi) is 18.3. The number of rotatable bonds is 25. The van der Waals surface area contributed by atoms with Gasteiger partial charge < -0.3 is 27.9 Å². The summed E-state index contributed by atoms with van der Waals surface area (Å²) >= 11 is 0. The summed E-state index contributed by atoms with van der Waals surface area (Å²) < 4.78 is 35.0. The van der Waals surface area contributed by atoms with E-state index in [0.717, 1.165) is 30.2 Å². The van der Waals surface area contributed by atoms with E-state index in [0.29, 0.717) is 18.7 Å². The highest BCUT2D eigenvalue weighted by atomic mass is 31.2. The van der Waals surface area contributed by atoms with Crippen LogP contribution in [0.3, 0.4) is 0 Å². The SMILES string of the molecule is CCCCCCCCCCCCCCCCOCC(COP(=O)([O-])OCC1CC2CCC(C1)[N+]2(C)C)OC(=O)CC. The Labute approximate surface area is 251 Å². The van der Waals surface area contributed by atoms with Gasteiger partial charge in [0.25, 0.3) is 7.82 Å². The van der Waals surface area contributed by atoms with Crippen LogP contribution in [0.5, 0.6) is 0 Å². The van der Waals surface area contributed by atoms with Crippen molar-refractivity contribution in [3.8, 4) is 0 Å². The molecule has 41 heavy (non-hydrogen) atoms. The zero-order valence-corrected chi connectivity index (χ0v) is 27.7. The van der Waals surface area contributed by atoms with Crippen molar-refractivity contribution in [1.82, 2.24) is 0 Å². The Morgan fingerprint density at radius 3 is 1.83 bits per heavy atom. The number of carbonyl (C=O) groups is 1. The molecule has 0 amide bonds. The van der Waals surface area contributed by atoms with E-state index < -0.39 is 19.9 Å². The zero-order valence-electron chi connectivity index (χ0n) is 26.8. The first-order valence-electron chi connectivity index (χ1n) is 16.9. The summed E-state index contributed by atoms with van der Waals surface area (Å²) in [6.07, 6.45) is 22.0. The predicted octanol–water partition coefficient (Wildman–Crippen LogP) is 7.33. The van der Waals surface area contributed by atoms with Crippen molar-refractivity contribution in [2.24, 2.45) is 5.92 Å². The molecular weight excluding hydrogens is 541 g/mol. The van der Waals surface area contributed by atoms with Crippen LogP contribution in [0, 0.1) is 5.92 Å². The van der Waals surface area contributed by atoms with Crippen LogP contribution in [0.1, 0.15) is 136 Å². The molecule has 2 fully saturated rings. The first-order valence-corrected chi connectivity index (χ1v) is 18.3. The summed E-state index contributed by atoms with van der Waals surface area (Å²) in [4.78, 5) is 24.3. The second-order valence-electron chi connectivity index (χ2n) is 13.0. The highest BCUT2D eigenvalue weighted by molar-refractivity contribution is 7.45. The van der Waals surface area contributed by atoms with E-state index in [-0.39, 0.29) is 32.2 Å². The number of phosphoric ester groups is 1. The van der Waals surface area contributed by atoms with Gasteiger partial charge in [-0.15, -0.1) is 0 Å². The number of carbonyl (C=O) groups excluding carboxylic acids is 1. The molecule has 4 unspecified atom stereocenters. The van der Waals surface area contributed by atoms with E-state index in [1.54, 1.807) is 6.92 Å². The number of fused-ring (bicyclic) bond motifs is 2. The fourth-order valence-corrected chi connectivity index (χ4v) is 7.35. The average molecular weight is 604 g/mol. The third kappa shape index (κ3) is 15.2. The van der Waals surface area contributed by atoms with E-state index in [4.69, 9.17) is 18.5 Å². The van der Waals surface area contributed by atoms with Crippen molar-refractivity contribution < 1.29 is 37.3 Å². The van der Waals surface area contributed by atoms with Crippen LogP contribution in [0.2, 0.25) is 0 Å². The molecule has 0 spiro atoms. The minimum Gasteiger partial charge on any atom is -0.756 e. The fraction of sp³-hybridized carbons (Fsp3) is 0.969. The van der Waals surface area contributed by atoms with Crippen LogP contribution in [-0.2, 0) is 27.9 Å². The maximum absolute atomic E-state index is 12.5. The van der Waals surface area contributed by atoms with Crippen LogP contribution in [0.4, 0.5) is 0 Å². The van der Waals surface area contributed by atoms with Crippen molar-refractivity contribution in [3.63, 3.8) is 0 Å². The van der Waals surface area contributed by atoms with E-state index in [2.05, 4.69) is 21.0 Å². The van der Waals surface area contributed by atoms with Gasteiger partial charge >= 0.3 is 5.97 Å². The molecule has 0 radical (unpaired) electrons. The smallest absolute Gasteiger partial charge is 0.305 e. The minimum atomic E-state index is -4.49. The summed E-state index contributed by atoms with van der Waals surface area (Å²) in [6, 6.07) is 1.15. The molecule has 0 aromatic heterocycles. The lowest BCUT2D eigenvalue weighted by Gasteiger charge is -2.44. The average Bonchev–Trinajstić information content (AvgIpc) is 3.09. The predicted molar refractivity (Wildman–Crippen MR) is 162 cm³/mol. The van der Waals surface area contributed by atoms with E-state index in [1.807, 2.05) is 0 Å². The third-order valence-electron chi connectivity index (χ3n) is 9.35. The summed E-state index contributed by atoms with van der Waals surface area (Å²) in [7, 11) is 0.0616. The molecule has 2 aliphatic rings. The monoisotopic (exact) mass is 603 g/mol. The second-order valence-corrected chi connectivity index (χ2v) is 14.4. The van der Waals surface area contributed by atoms with Crippen molar-refractivity contribution >= 4 is 13.8 Å². The molecule has 9 heteroatoms. The lowest BCUT2D eigenvalue weighted by molar-refractivity contribution is -0.931. The molecule has 2 saturated heterocycles. The standard InChI is InChI=1S/C32H62NO7P/c1-5-7-8-9-10-11-12-13-14-15-16-17-18-19-22-37-26-31(40-32(34)6-2)27-39-41(35,36)38-25-28-23-29-20-21-30(24-28)33(29,3)4/h28-31H,5-27H2,1-4H3. The van der Waals surface area contributed by atoms with Gasteiger partial charge in [0, 0.05) is 38.7 Å². The quantitative estimate of drug-likeness (QED) is 0.0467. The highest BCUT2D eigenvalue weighted by Gasteiger charge is 2.48. The van der Waals surface area contributed by atoms with Crippen LogP contribution < -0.4 is 4.89 Å². The first-order chi connectivity index (χ1) is 19.7. The summed E-state index contributed by atoms with van der Waals surface area (Å²) in [5.41, 5.74) is 0. The molecule has 2 aliphatic heterocycles. The Hall–Kier alpha value is -0.500. The maximum Gasteiger partial charge on any atom is 0.305 e. The largest absolute Gasteiger partial charge is 0.756 e. The Morgan fingerprint density at radius 2 is 1.32 bits per heavy atom. The lowest BCUT2D eigenvalue weighted by Crippen LogP contribution is -2.54. The number of hydrogen-bond acceptors (Lipinski definition) is 7. The van der Waals surface area contributed by atoms with Gasteiger partial charge in [-0.25, -0.2) is 0 Å². The van der Waals surface area contributed by atoms with E-state index in [9.17, 15) is 14.3 Å². The zero-order chi connectivity index (χ0) is 30.0. The molecule has 0 aliphatic carbocycles. The van der Waals surface area contributed by atoms with Crippen LogP contribution >= 0.6 is 7.82 Å². The topological polar surface area (TPSA) is 94.1 Å². The molecule has 0 aromatic carbocycles. The van der Waals surface area contributed by atoms with Gasteiger partial charge in [-0.3, -0.25) is 9.36 Å². The van der Waals surface area contributed by atoms with Gasteiger partial charge in [-0.2, -0.15) is 0 Å². The maximum atomic E-state index is 12.5. The summed E-state index contributed by atoms with van der Waals surface area (Å²) in [6.45, 7) is 4.51. The van der Waals surface area contributed by atoms with Gasteiger partial charge in [-0.1, -0.05) is 97.3 Å². The number of ether oxygens (including phenoxy) is 2. The molecular formula is C32H62NO7P. The van der Waals surface area contributed by atoms with Gasteiger partial charge in [-0.05, 0) is 12.3 Å². The highest BCUT2D eigenvalue weighted by Crippen LogP contribution is 2.45. The Bertz CT molecular complexity index is 734. The third-order valence-corrected chi connectivity index (χ3v) is 10.3. The van der Waals surface area contributed by atoms with Gasteiger partial charge in [0.1, 0.15) is 6.10 Å². The van der Waals surface area contributed by atoms with Gasteiger partial charge in [0.2, 0.25) is 0 Å². The van der Waals surface area contributed by atoms with Crippen LogP contribution in [0.25, 0.3) is 0 Å². The second kappa shape index (κ2) is 20.5. The number of unbranched alkanes of at least 4 members (excludes halogenated alkanes) is 13. The fourth-order valence-electron chi connectivity index (χ4n) is 6.54. The van der Waals surface area contributed by atoms with Gasteiger partial charge in [0.05, 0.1) is 46.0 Å². The molecule has 0 aromatic rings. The van der Waals surface area contributed by atoms with Crippen molar-refractivity contribution in [1.29, 1.82) is 0 Å². The van der Waals surface area contributed by atoms with Crippen molar-refractivity contribution in [3.05, 3.63) is 0 Å². The number of piperidine rings is 1. The summed E-state index contributed by atoms with van der Waals surface area (Å²) in [5.74, 6) is -0.176. The molecule has 2 rings (SSSR count). The molecule has 0 N–H and O–H groups in total. The molecule has 2 heterocycles. The molecule has 2 bridgehead atoms. The molecule has 242 valence electrons. The number of esters is 1. The normalized spacial score (nSPS) is 23.8. The van der Waals surface area contributed by atoms with E-state index in [1.165, 1.54) is 89.9 Å². The molecule has 4 atom stereocenters. The number of phosphoric acid groups is 1. The Balaban J connectivity index is 1.52. The van der Waals surface area contributed by atoms with Gasteiger partial charge in [0.15, 0.2) is 0 Å². The van der Waals surface area contributed by atoms with Crippen LogP contribution in [-0.4, -0.2) is 69.2 Å². The van der Waals surface area contributed by atoms with E-state index >= 15 is 0 Å². The Morgan fingerprint density at radius 1 is 0.805 bits per heavy atom. The number of quaternary nitrogens is 1. The first kappa shape index (κ1) is 36.7. The van der Waals surface area contributed by atoms with Crippen molar-refractivity contribution in [2.45, 2.75) is 154 Å². The minimum absolute atomic E-state index is 0.114. The summed E-state index contributed by atoms with van der Waals surface area (Å²) in [5, 5.41) is 0. The molecule has 0 saturated carbocycles.